The molecule has 0 bridgehead atoms. The molecule has 2 aliphatic heterocycles. The van der Waals surface area contributed by atoms with Gasteiger partial charge in [0.25, 0.3) is 0 Å². The molecule has 5 rings (SSSR count). The van der Waals surface area contributed by atoms with Crippen LogP contribution in [0.5, 0.6) is 5.75 Å². The second kappa shape index (κ2) is 12.5. The molecule has 2 N–H and O–H groups in total. The number of nitrogens with zero attached hydrogens (tertiary/aromatic N) is 3. The van der Waals surface area contributed by atoms with Gasteiger partial charge in [0.2, 0.25) is 5.91 Å². The lowest BCUT2D eigenvalue weighted by Crippen LogP contribution is -2.36. The van der Waals surface area contributed by atoms with Crippen molar-refractivity contribution < 1.29 is 23.4 Å². The zero-order valence-corrected chi connectivity index (χ0v) is 21.5. The van der Waals surface area contributed by atoms with Crippen LogP contribution >= 0.6 is 11.6 Å². The average molecular weight is 542 g/mol. The van der Waals surface area contributed by atoms with Crippen molar-refractivity contribution in [2.45, 2.75) is 18.9 Å². The molecule has 1 atom stereocenters. The van der Waals surface area contributed by atoms with E-state index < -0.39 is 5.82 Å². The van der Waals surface area contributed by atoms with Crippen molar-refractivity contribution >= 4 is 45.6 Å². The summed E-state index contributed by atoms with van der Waals surface area (Å²) in [5, 5.41) is 6.73. The van der Waals surface area contributed by atoms with Crippen LogP contribution in [0.15, 0.2) is 48.8 Å². The van der Waals surface area contributed by atoms with E-state index in [-0.39, 0.29) is 17.0 Å². The summed E-state index contributed by atoms with van der Waals surface area (Å²) in [6.07, 6.45) is 6.71. The van der Waals surface area contributed by atoms with Crippen LogP contribution < -0.4 is 15.4 Å². The topological polar surface area (TPSA) is 97.8 Å². The number of benzene rings is 2. The summed E-state index contributed by atoms with van der Waals surface area (Å²) in [7, 11) is 0. The molecule has 2 aromatic carbocycles. The molecular formula is C27H29ClFN5O4. The fourth-order valence-electron chi connectivity index (χ4n) is 4.34. The van der Waals surface area contributed by atoms with E-state index in [0.717, 1.165) is 32.5 Å². The van der Waals surface area contributed by atoms with E-state index in [1.807, 2.05) is 6.08 Å². The summed E-state index contributed by atoms with van der Waals surface area (Å²) in [5.74, 6) is 0.167. The minimum Gasteiger partial charge on any atom is -0.489 e. The minimum atomic E-state index is -0.510. The van der Waals surface area contributed by atoms with Gasteiger partial charge < -0.3 is 24.8 Å². The Morgan fingerprint density at radius 3 is 2.87 bits per heavy atom. The van der Waals surface area contributed by atoms with E-state index in [1.165, 1.54) is 24.5 Å². The summed E-state index contributed by atoms with van der Waals surface area (Å²) in [6.45, 7) is 4.83. The van der Waals surface area contributed by atoms with Crippen LogP contribution in [-0.4, -0.2) is 72.9 Å². The van der Waals surface area contributed by atoms with Gasteiger partial charge in [0.1, 0.15) is 30.3 Å². The number of nitrogens with one attached hydrogen (secondary N) is 2. The molecule has 200 valence electrons. The number of halogens is 2. The largest absolute Gasteiger partial charge is 0.489 e. The Morgan fingerprint density at radius 1 is 1.21 bits per heavy atom. The number of morpholine rings is 1. The van der Waals surface area contributed by atoms with Crippen molar-refractivity contribution in [3.05, 3.63) is 59.7 Å². The SMILES string of the molecule is O=C(C=CCN1CCOCC1)Nc1cc2c(Nc3ccc(F)c(Cl)c3)ncnc2cc1OC[C@H]1CCCO1. The normalized spacial score (nSPS) is 18.2. The maximum Gasteiger partial charge on any atom is 0.248 e. The summed E-state index contributed by atoms with van der Waals surface area (Å²) in [4.78, 5) is 23.8. The van der Waals surface area contributed by atoms with Gasteiger partial charge in [-0.3, -0.25) is 9.69 Å². The number of rotatable bonds is 9. The van der Waals surface area contributed by atoms with Crippen molar-refractivity contribution in [2.75, 3.05) is 56.7 Å². The van der Waals surface area contributed by atoms with Crippen LogP contribution in [0.3, 0.4) is 0 Å². The first-order chi connectivity index (χ1) is 18.5. The van der Waals surface area contributed by atoms with Crippen molar-refractivity contribution in [3.63, 3.8) is 0 Å². The molecule has 0 unspecified atom stereocenters. The van der Waals surface area contributed by atoms with E-state index in [4.69, 9.17) is 25.8 Å². The number of carbonyl (C=O) groups is 1. The highest BCUT2D eigenvalue weighted by atomic mass is 35.5. The number of anilines is 3. The molecule has 1 amide bonds. The first-order valence-electron chi connectivity index (χ1n) is 12.6. The molecule has 11 heteroatoms. The Hall–Kier alpha value is -3.31. The lowest BCUT2D eigenvalue weighted by molar-refractivity contribution is -0.111. The van der Waals surface area contributed by atoms with E-state index in [1.54, 1.807) is 18.2 Å². The molecule has 3 heterocycles. The highest BCUT2D eigenvalue weighted by Crippen LogP contribution is 2.34. The highest BCUT2D eigenvalue weighted by Gasteiger charge is 2.19. The number of ether oxygens (including phenoxy) is 3. The smallest absolute Gasteiger partial charge is 0.248 e. The maximum absolute atomic E-state index is 13.6. The number of aromatic nitrogens is 2. The van der Waals surface area contributed by atoms with Gasteiger partial charge in [-0.25, -0.2) is 14.4 Å². The van der Waals surface area contributed by atoms with Gasteiger partial charge in [-0.15, -0.1) is 0 Å². The number of fused-ring (bicyclic) bond motifs is 1. The van der Waals surface area contributed by atoms with Crippen LogP contribution in [-0.2, 0) is 14.3 Å². The Labute approximate surface area is 224 Å². The lowest BCUT2D eigenvalue weighted by Gasteiger charge is -2.25. The molecule has 0 radical (unpaired) electrons. The van der Waals surface area contributed by atoms with Crippen LogP contribution in [0.25, 0.3) is 10.9 Å². The van der Waals surface area contributed by atoms with E-state index in [2.05, 4.69) is 25.5 Å². The van der Waals surface area contributed by atoms with Crippen LogP contribution in [0.2, 0.25) is 5.02 Å². The van der Waals surface area contributed by atoms with Crippen LogP contribution in [0, 0.1) is 5.82 Å². The van der Waals surface area contributed by atoms with Crippen molar-refractivity contribution in [2.24, 2.45) is 0 Å². The van der Waals surface area contributed by atoms with Crippen LogP contribution in [0.1, 0.15) is 12.8 Å². The van der Waals surface area contributed by atoms with Crippen molar-refractivity contribution in [1.82, 2.24) is 14.9 Å². The van der Waals surface area contributed by atoms with Gasteiger partial charge in [-0.2, -0.15) is 0 Å². The third-order valence-corrected chi connectivity index (χ3v) is 6.65. The number of hydrogen-bond acceptors (Lipinski definition) is 8. The van der Waals surface area contributed by atoms with Crippen molar-refractivity contribution in [3.8, 4) is 5.75 Å². The summed E-state index contributed by atoms with van der Waals surface area (Å²) < 4.78 is 30.8. The predicted octanol–water partition coefficient (Wildman–Crippen LogP) is 4.55. The molecule has 2 saturated heterocycles. The van der Waals surface area contributed by atoms with Gasteiger partial charge in [0.15, 0.2) is 0 Å². The summed E-state index contributed by atoms with van der Waals surface area (Å²) in [5.41, 5.74) is 1.65. The van der Waals surface area contributed by atoms with Gasteiger partial charge >= 0.3 is 0 Å². The van der Waals surface area contributed by atoms with Gasteiger partial charge in [0, 0.05) is 49.5 Å². The third kappa shape index (κ3) is 6.76. The van der Waals surface area contributed by atoms with E-state index in [0.29, 0.717) is 60.2 Å². The molecule has 2 fully saturated rings. The number of amides is 1. The predicted molar refractivity (Wildman–Crippen MR) is 144 cm³/mol. The molecule has 0 aliphatic carbocycles. The van der Waals surface area contributed by atoms with Gasteiger partial charge in [-0.1, -0.05) is 17.7 Å². The quantitative estimate of drug-likeness (QED) is 0.381. The third-order valence-electron chi connectivity index (χ3n) is 6.36. The minimum absolute atomic E-state index is 0.00463. The number of hydrogen-bond donors (Lipinski definition) is 2. The monoisotopic (exact) mass is 541 g/mol. The Balaban J connectivity index is 1.39. The Kier molecular flexibility index (Phi) is 8.65. The summed E-state index contributed by atoms with van der Waals surface area (Å²) in [6, 6.07) is 7.85. The summed E-state index contributed by atoms with van der Waals surface area (Å²) >= 11 is 5.94. The average Bonchev–Trinajstić information content (AvgIpc) is 3.44. The molecule has 2 aliphatic rings. The molecule has 9 nitrogen and oxygen atoms in total. The van der Waals surface area contributed by atoms with Crippen molar-refractivity contribution in [1.29, 1.82) is 0 Å². The fourth-order valence-corrected chi connectivity index (χ4v) is 4.52. The zero-order valence-electron chi connectivity index (χ0n) is 20.8. The molecule has 0 saturated carbocycles. The second-order valence-electron chi connectivity index (χ2n) is 9.09. The fraction of sp³-hybridized carbons (Fsp3) is 0.370. The number of carbonyl (C=O) groups excluding carboxylic acids is 1. The molecule has 3 aromatic rings. The molecular weight excluding hydrogens is 513 g/mol. The Bertz CT molecular complexity index is 1310. The standard InChI is InChI=1S/C27H29ClFN5O4/c28-21-13-18(5-6-22(21)29)32-27-20-14-24(33-26(35)4-1-7-34-8-11-36-12-9-34)25(15-23(20)30-17-31-27)38-16-19-3-2-10-37-19/h1,4-6,13-15,17,19H,2-3,7-12,16H2,(H,33,35)(H,30,31,32)/t19-/m1/s1. The Morgan fingerprint density at radius 2 is 2.08 bits per heavy atom. The van der Waals surface area contributed by atoms with Gasteiger partial charge in [-0.05, 0) is 37.1 Å². The molecule has 1 aromatic heterocycles. The first-order valence-corrected chi connectivity index (χ1v) is 13.0. The maximum atomic E-state index is 13.6. The van der Waals surface area contributed by atoms with E-state index in [9.17, 15) is 9.18 Å². The van der Waals surface area contributed by atoms with E-state index >= 15 is 0 Å². The second-order valence-corrected chi connectivity index (χ2v) is 9.50. The molecule has 0 spiro atoms. The van der Waals surface area contributed by atoms with Gasteiger partial charge in [0.05, 0.1) is 35.5 Å². The zero-order chi connectivity index (χ0) is 26.3. The van der Waals surface area contributed by atoms with Crippen LogP contribution in [0.4, 0.5) is 21.6 Å². The lowest BCUT2D eigenvalue weighted by atomic mass is 10.1. The molecule has 38 heavy (non-hydrogen) atoms. The first kappa shape index (κ1) is 26.3. The highest BCUT2D eigenvalue weighted by molar-refractivity contribution is 6.31.